The number of fused-ring (bicyclic) bond motifs is 1. The number of anilines is 2. The Labute approximate surface area is 155 Å². The molecule has 2 N–H and O–H groups in total. The number of rotatable bonds is 3. The van der Waals surface area contributed by atoms with Gasteiger partial charge >= 0.3 is 0 Å². The summed E-state index contributed by atoms with van der Waals surface area (Å²) in [5.41, 5.74) is 4.45. The molecular weight excluding hydrogens is 351 g/mol. The Kier molecular flexibility index (Phi) is 4.09. The van der Waals surface area contributed by atoms with E-state index in [0.717, 1.165) is 27.9 Å². The third-order valence-electron chi connectivity index (χ3n) is 4.44. The summed E-state index contributed by atoms with van der Waals surface area (Å²) >= 11 is 6.32. The predicted molar refractivity (Wildman–Crippen MR) is 103 cm³/mol. The summed E-state index contributed by atoms with van der Waals surface area (Å²) in [7, 11) is 0. The number of halogens is 2. The van der Waals surface area contributed by atoms with Gasteiger partial charge in [0.2, 0.25) is 0 Å². The third kappa shape index (κ3) is 2.91. The molecule has 4 aromatic rings. The molecule has 2 aromatic carbocycles. The van der Waals surface area contributed by atoms with E-state index in [1.54, 1.807) is 6.07 Å². The average Bonchev–Trinajstić information content (AvgIpc) is 3.01. The number of pyridine rings is 1. The Morgan fingerprint density at radius 3 is 2.65 bits per heavy atom. The van der Waals surface area contributed by atoms with Crippen LogP contribution in [0.25, 0.3) is 22.2 Å². The summed E-state index contributed by atoms with van der Waals surface area (Å²) in [4.78, 5) is 4.73. The second kappa shape index (κ2) is 6.42. The van der Waals surface area contributed by atoms with Crippen molar-refractivity contribution in [3.05, 3.63) is 70.5 Å². The predicted octanol–water partition coefficient (Wildman–Crippen LogP) is 5.78. The van der Waals surface area contributed by atoms with Crippen LogP contribution in [-0.4, -0.2) is 15.2 Å². The Bertz CT molecular complexity index is 1120. The quantitative estimate of drug-likeness (QED) is 0.483. The van der Waals surface area contributed by atoms with Gasteiger partial charge in [0.05, 0.1) is 11.2 Å². The minimum atomic E-state index is -0.312. The fourth-order valence-corrected chi connectivity index (χ4v) is 3.09. The first-order valence-electron chi connectivity index (χ1n) is 8.17. The number of aromatic nitrogens is 3. The maximum absolute atomic E-state index is 13.6. The van der Waals surface area contributed by atoms with Crippen LogP contribution in [0.15, 0.2) is 48.5 Å². The SMILES string of the molecule is Cc1cc(-c2ccccc2Cl)nc(Nc2n[nH]c3ccc(F)cc23)c1C. The Balaban J connectivity index is 1.81. The Morgan fingerprint density at radius 2 is 1.85 bits per heavy atom. The largest absolute Gasteiger partial charge is 0.323 e. The van der Waals surface area contributed by atoms with Crippen LogP contribution in [0.4, 0.5) is 16.0 Å². The Hall–Kier alpha value is -2.92. The molecule has 4 rings (SSSR count). The molecule has 6 heteroatoms. The summed E-state index contributed by atoms with van der Waals surface area (Å²) in [6, 6.07) is 14.1. The van der Waals surface area contributed by atoms with Crippen molar-refractivity contribution in [1.29, 1.82) is 0 Å². The first-order chi connectivity index (χ1) is 12.5. The molecule has 2 heterocycles. The van der Waals surface area contributed by atoms with Crippen LogP contribution >= 0.6 is 11.6 Å². The Morgan fingerprint density at radius 1 is 1.04 bits per heavy atom. The number of nitrogens with zero attached hydrogens (tertiary/aromatic N) is 2. The summed E-state index contributed by atoms with van der Waals surface area (Å²) in [6.45, 7) is 4.00. The van der Waals surface area contributed by atoms with Crippen LogP contribution in [0.2, 0.25) is 5.02 Å². The van der Waals surface area contributed by atoms with Crippen molar-refractivity contribution in [1.82, 2.24) is 15.2 Å². The highest BCUT2D eigenvalue weighted by atomic mass is 35.5. The molecule has 130 valence electrons. The van der Waals surface area contributed by atoms with E-state index in [-0.39, 0.29) is 5.82 Å². The van der Waals surface area contributed by atoms with Crippen molar-refractivity contribution in [2.24, 2.45) is 0 Å². The molecule has 0 saturated carbocycles. The molecule has 0 atom stereocenters. The minimum absolute atomic E-state index is 0.312. The zero-order chi connectivity index (χ0) is 18.3. The van der Waals surface area contributed by atoms with Gasteiger partial charge < -0.3 is 5.32 Å². The monoisotopic (exact) mass is 366 g/mol. The molecule has 0 aliphatic heterocycles. The number of aromatic amines is 1. The van der Waals surface area contributed by atoms with E-state index in [1.165, 1.54) is 12.1 Å². The lowest BCUT2D eigenvalue weighted by Crippen LogP contribution is -2.01. The lowest BCUT2D eigenvalue weighted by Gasteiger charge is -2.13. The minimum Gasteiger partial charge on any atom is -0.323 e. The van der Waals surface area contributed by atoms with E-state index < -0.39 is 0 Å². The second-order valence-electron chi connectivity index (χ2n) is 6.16. The van der Waals surface area contributed by atoms with E-state index in [0.29, 0.717) is 22.0 Å². The number of hydrogen-bond acceptors (Lipinski definition) is 3. The molecule has 0 bridgehead atoms. The topological polar surface area (TPSA) is 53.6 Å². The van der Waals surface area contributed by atoms with Gasteiger partial charge in [0, 0.05) is 16.0 Å². The molecule has 26 heavy (non-hydrogen) atoms. The maximum Gasteiger partial charge on any atom is 0.161 e. The van der Waals surface area contributed by atoms with Gasteiger partial charge in [-0.3, -0.25) is 5.10 Å². The molecule has 0 unspecified atom stereocenters. The van der Waals surface area contributed by atoms with Gasteiger partial charge in [0.1, 0.15) is 11.6 Å². The smallest absolute Gasteiger partial charge is 0.161 e. The molecule has 2 aromatic heterocycles. The van der Waals surface area contributed by atoms with E-state index in [1.807, 2.05) is 44.2 Å². The van der Waals surface area contributed by atoms with Crippen molar-refractivity contribution < 1.29 is 4.39 Å². The van der Waals surface area contributed by atoms with Gasteiger partial charge in [0.25, 0.3) is 0 Å². The molecule has 0 fully saturated rings. The van der Waals surface area contributed by atoms with E-state index in [9.17, 15) is 4.39 Å². The second-order valence-corrected chi connectivity index (χ2v) is 6.57. The number of benzene rings is 2. The number of H-pyrrole nitrogens is 1. The standard InChI is InChI=1S/C20H16ClFN4/c1-11-9-18(14-5-3-4-6-16(14)21)23-19(12(11)2)24-20-15-10-13(22)7-8-17(15)25-26-20/h3-10H,1-2H3,(H2,23,24,25,26). The van der Waals surface area contributed by atoms with Gasteiger partial charge in [-0.1, -0.05) is 29.8 Å². The average molecular weight is 367 g/mol. The fourth-order valence-electron chi connectivity index (χ4n) is 2.86. The lowest BCUT2D eigenvalue weighted by molar-refractivity contribution is 0.630. The highest BCUT2D eigenvalue weighted by molar-refractivity contribution is 6.33. The maximum atomic E-state index is 13.6. The van der Waals surface area contributed by atoms with Crippen molar-refractivity contribution in [3.8, 4) is 11.3 Å². The highest BCUT2D eigenvalue weighted by Crippen LogP contribution is 2.32. The lowest BCUT2D eigenvalue weighted by atomic mass is 10.1. The zero-order valence-corrected chi connectivity index (χ0v) is 15.0. The van der Waals surface area contributed by atoms with Gasteiger partial charge in [-0.05, 0) is 55.3 Å². The van der Waals surface area contributed by atoms with Crippen LogP contribution in [0, 0.1) is 19.7 Å². The van der Waals surface area contributed by atoms with Crippen molar-refractivity contribution in [3.63, 3.8) is 0 Å². The van der Waals surface area contributed by atoms with Gasteiger partial charge in [-0.25, -0.2) is 9.37 Å². The number of aryl methyl sites for hydroxylation is 1. The van der Waals surface area contributed by atoms with Crippen molar-refractivity contribution in [2.45, 2.75) is 13.8 Å². The summed E-state index contributed by atoms with van der Waals surface area (Å²) in [5, 5.41) is 11.7. The highest BCUT2D eigenvalue weighted by Gasteiger charge is 2.13. The fraction of sp³-hybridized carbons (Fsp3) is 0.100. The van der Waals surface area contributed by atoms with Crippen LogP contribution in [0.5, 0.6) is 0 Å². The van der Waals surface area contributed by atoms with Crippen molar-refractivity contribution in [2.75, 3.05) is 5.32 Å². The molecule has 0 aliphatic carbocycles. The number of hydrogen-bond donors (Lipinski definition) is 2. The van der Waals surface area contributed by atoms with E-state index in [4.69, 9.17) is 16.6 Å². The van der Waals surface area contributed by atoms with E-state index in [2.05, 4.69) is 15.5 Å². The van der Waals surface area contributed by atoms with Gasteiger partial charge in [0.15, 0.2) is 5.82 Å². The summed E-state index contributed by atoms with van der Waals surface area (Å²) in [5.74, 6) is 0.885. The van der Waals surface area contributed by atoms with Gasteiger partial charge in [-0.2, -0.15) is 5.10 Å². The summed E-state index contributed by atoms with van der Waals surface area (Å²) < 4.78 is 13.6. The molecule has 0 saturated heterocycles. The molecular formula is C20H16ClFN4. The van der Waals surface area contributed by atoms with Crippen LogP contribution in [0.3, 0.4) is 0 Å². The van der Waals surface area contributed by atoms with Crippen LogP contribution in [0.1, 0.15) is 11.1 Å². The molecule has 0 amide bonds. The third-order valence-corrected chi connectivity index (χ3v) is 4.77. The van der Waals surface area contributed by atoms with Gasteiger partial charge in [-0.15, -0.1) is 0 Å². The van der Waals surface area contributed by atoms with E-state index >= 15 is 0 Å². The van der Waals surface area contributed by atoms with Crippen LogP contribution < -0.4 is 5.32 Å². The summed E-state index contributed by atoms with van der Waals surface area (Å²) in [6.07, 6.45) is 0. The first-order valence-corrected chi connectivity index (χ1v) is 8.54. The normalized spacial score (nSPS) is 11.1. The van der Waals surface area contributed by atoms with Crippen molar-refractivity contribution >= 4 is 34.1 Å². The molecule has 0 spiro atoms. The molecule has 4 nitrogen and oxygen atoms in total. The molecule has 0 radical (unpaired) electrons. The first kappa shape index (κ1) is 16.5. The van der Waals surface area contributed by atoms with Crippen LogP contribution in [-0.2, 0) is 0 Å². The number of nitrogens with one attached hydrogen (secondary N) is 2. The molecule has 0 aliphatic rings. The zero-order valence-electron chi connectivity index (χ0n) is 14.3.